The first-order chi connectivity index (χ1) is 6.55. The molecule has 1 aliphatic rings. The van der Waals surface area contributed by atoms with Crippen LogP contribution < -0.4 is 0 Å². The maximum absolute atomic E-state index is 6.25. The van der Waals surface area contributed by atoms with Gasteiger partial charge in [0.1, 0.15) is 0 Å². The van der Waals surface area contributed by atoms with Gasteiger partial charge in [-0.3, -0.25) is 0 Å². The van der Waals surface area contributed by atoms with Crippen LogP contribution in [0.15, 0.2) is 0 Å². The predicted molar refractivity (Wildman–Crippen MR) is 69.2 cm³/mol. The van der Waals surface area contributed by atoms with Gasteiger partial charge in [0.15, 0.2) is 0 Å². The van der Waals surface area contributed by atoms with Crippen LogP contribution in [0.3, 0.4) is 0 Å². The highest BCUT2D eigenvalue weighted by Crippen LogP contribution is 2.56. The molecule has 0 spiro atoms. The molecule has 1 fully saturated rings. The molecule has 4 atom stereocenters. The van der Waals surface area contributed by atoms with E-state index < -0.39 is 0 Å². The SMILES string of the molecule is [B]C1CC(C(C)(C)C)C(C(C)(C)C)C1C. The standard InChI is InChI=1S/C14H27B/c1-9-11(15)8-10(13(2,3)4)12(9)14(5,6)7/h9-12H,8H2,1-7H3. The molecule has 1 heteroatoms. The van der Waals surface area contributed by atoms with Gasteiger partial charge in [-0.05, 0) is 28.6 Å². The molecular formula is C14H27B. The van der Waals surface area contributed by atoms with Crippen molar-refractivity contribution in [1.29, 1.82) is 0 Å². The van der Waals surface area contributed by atoms with Crippen LogP contribution in [0, 0.1) is 28.6 Å². The quantitative estimate of drug-likeness (QED) is 0.518. The fraction of sp³-hybridized carbons (Fsp3) is 1.00. The predicted octanol–water partition coefficient (Wildman–Crippen LogP) is 4.31. The molecule has 1 rings (SSSR count). The molecule has 0 aromatic heterocycles. The Morgan fingerprint density at radius 3 is 1.67 bits per heavy atom. The Morgan fingerprint density at radius 1 is 0.933 bits per heavy atom. The molecule has 0 aliphatic heterocycles. The van der Waals surface area contributed by atoms with Crippen LogP contribution in [0.2, 0.25) is 5.82 Å². The lowest BCUT2D eigenvalue weighted by molar-refractivity contribution is 0.0751. The number of rotatable bonds is 0. The maximum atomic E-state index is 6.25. The van der Waals surface area contributed by atoms with Gasteiger partial charge in [-0.25, -0.2) is 0 Å². The van der Waals surface area contributed by atoms with E-state index in [0.717, 1.165) is 11.8 Å². The Kier molecular flexibility index (Phi) is 3.35. The van der Waals surface area contributed by atoms with E-state index in [1.807, 2.05) is 0 Å². The Morgan fingerprint density at radius 2 is 1.40 bits per heavy atom. The average Bonchev–Trinajstić information content (AvgIpc) is 2.25. The van der Waals surface area contributed by atoms with Crippen LogP contribution in [-0.2, 0) is 0 Å². The van der Waals surface area contributed by atoms with Crippen LogP contribution in [0.1, 0.15) is 54.9 Å². The second-order valence-corrected chi connectivity index (χ2v) is 7.62. The Labute approximate surface area is 97.6 Å². The van der Waals surface area contributed by atoms with Gasteiger partial charge in [0.05, 0.1) is 7.85 Å². The van der Waals surface area contributed by atoms with Gasteiger partial charge in [-0.1, -0.05) is 60.7 Å². The van der Waals surface area contributed by atoms with Crippen molar-refractivity contribution < 1.29 is 0 Å². The van der Waals surface area contributed by atoms with Crippen molar-refractivity contribution in [3.8, 4) is 0 Å². The summed E-state index contributed by atoms with van der Waals surface area (Å²) in [5.74, 6) is 2.59. The van der Waals surface area contributed by atoms with Crippen LogP contribution >= 0.6 is 0 Å². The van der Waals surface area contributed by atoms with E-state index in [0.29, 0.717) is 22.6 Å². The normalized spacial score (nSPS) is 38.3. The molecule has 86 valence electrons. The van der Waals surface area contributed by atoms with E-state index >= 15 is 0 Å². The molecule has 4 unspecified atom stereocenters. The third kappa shape index (κ3) is 2.60. The van der Waals surface area contributed by atoms with Crippen molar-refractivity contribution in [3.63, 3.8) is 0 Å². The lowest BCUT2D eigenvalue weighted by Crippen LogP contribution is -2.34. The highest BCUT2D eigenvalue weighted by atomic mass is 14.5. The average molecular weight is 206 g/mol. The summed E-state index contributed by atoms with van der Waals surface area (Å²) in [6, 6.07) is 0. The van der Waals surface area contributed by atoms with Crippen molar-refractivity contribution >= 4 is 7.85 Å². The molecule has 2 radical (unpaired) electrons. The highest BCUT2D eigenvalue weighted by molar-refractivity contribution is 6.12. The number of hydrogen-bond acceptors (Lipinski definition) is 0. The third-order valence-electron chi connectivity index (χ3n) is 4.31. The Bertz CT molecular complexity index is 218. The van der Waals surface area contributed by atoms with E-state index in [-0.39, 0.29) is 0 Å². The van der Waals surface area contributed by atoms with Gasteiger partial charge in [0.2, 0.25) is 0 Å². The molecular weight excluding hydrogens is 179 g/mol. The molecule has 1 saturated carbocycles. The number of hydrogen-bond donors (Lipinski definition) is 0. The van der Waals surface area contributed by atoms with Crippen molar-refractivity contribution in [2.24, 2.45) is 28.6 Å². The van der Waals surface area contributed by atoms with Crippen molar-refractivity contribution in [2.75, 3.05) is 0 Å². The molecule has 1 aliphatic carbocycles. The van der Waals surface area contributed by atoms with E-state index in [9.17, 15) is 0 Å². The zero-order chi connectivity index (χ0) is 12.0. The summed E-state index contributed by atoms with van der Waals surface area (Å²) in [7, 11) is 6.25. The van der Waals surface area contributed by atoms with Crippen LogP contribution in [0.4, 0.5) is 0 Å². The van der Waals surface area contributed by atoms with Crippen LogP contribution in [0.25, 0.3) is 0 Å². The fourth-order valence-corrected chi connectivity index (χ4v) is 3.57. The molecule has 0 bridgehead atoms. The zero-order valence-electron chi connectivity index (χ0n) is 11.6. The molecule has 0 aromatic carbocycles. The molecule has 0 nitrogen and oxygen atoms in total. The Balaban J connectivity index is 2.98. The monoisotopic (exact) mass is 206 g/mol. The summed E-state index contributed by atoms with van der Waals surface area (Å²) in [5.41, 5.74) is 0.770. The minimum atomic E-state index is 0.380. The van der Waals surface area contributed by atoms with E-state index in [2.05, 4.69) is 48.5 Å². The lowest BCUT2D eigenvalue weighted by atomic mass is 9.63. The molecule has 0 heterocycles. The van der Waals surface area contributed by atoms with Gasteiger partial charge in [0.25, 0.3) is 0 Å². The maximum Gasteiger partial charge on any atom is 0.0703 e. The first kappa shape index (κ1) is 13.1. The minimum absolute atomic E-state index is 0.380. The third-order valence-corrected chi connectivity index (χ3v) is 4.31. The second kappa shape index (κ2) is 3.82. The molecule has 0 saturated heterocycles. The van der Waals surface area contributed by atoms with Gasteiger partial charge < -0.3 is 0 Å². The van der Waals surface area contributed by atoms with Crippen LogP contribution in [0.5, 0.6) is 0 Å². The van der Waals surface area contributed by atoms with E-state index in [4.69, 9.17) is 7.85 Å². The van der Waals surface area contributed by atoms with E-state index in [1.165, 1.54) is 6.42 Å². The van der Waals surface area contributed by atoms with Crippen molar-refractivity contribution in [1.82, 2.24) is 0 Å². The Hall–Kier alpha value is 0.0649. The molecule has 0 aromatic rings. The first-order valence-corrected chi connectivity index (χ1v) is 6.30. The first-order valence-electron chi connectivity index (χ1n) is 6.30. The summed E-state index contributed by atoms with van der Waals surface area (Å²) < 4.78 is 0. The smallest absolute Gasteiger partial charge is 0.0703 e. The second-order valence-electron chi connectivity index (χ2n) is 7.62. The topological polar surface area (TPSA) is 0 Å². The van der Waals surface area contributed by atoms with Crippen molar-refractivity contribution in [2.45, 2.75) is 60.7 Å². The molecule has 0 amide bonds. The largest absolute Gasteiger partial charge is 0.0743 e. The van der Waals surface area contributed by atoms with Crippen LogP contribution in [-0.4, -0.2) is 7.85 Å². The summed E-state index contributed by atoms with van der Waals surface area (Å²) in [6.45, 7) is 16.5. The van der Waals surface area contributed by atoms with Gasteiger partial charge in [-0.15, -0.1) is 0 Å². The fourth-order valence-electron chi connectivity index (χ4n) is 3.57. The zero-order valence-corrected chi connectivity index (χ0v) is 11.6. The molecule has 0 N–H and O–H groups in total. The highest BCUT2D eigenvalue weighted by Gasteiger charge is 2.47. The summed E-state index contributed by atoms with van der Waals surface area (Å²) in [4.78, 5) is 0. The van der Waals surface area contributed by atoms with Gasteiger partial charge in [-0.2, -0.15) is 0 Å². The summed E-state index contributed by atoms with van der Waals surface area (Å²) in [5, 5.41) is 0. The summed E-state index contributed by atoms with van der Waals surface area (Å²) >= 11 is 0. The van der Waals surface area contributed by atoms with E-state index in [1.54, 1.807) is 0 Å². The lowest BCUT2D eigenvalue weighted by Gasteiger charge is -2.41. The molecule has 15 heavy (non-hydrogen) atoms. The van der Waals surface area contributed by atoms with Gasteiger partial charge in [0, 0.05) is 0 Å². The minimum Gasteiger partial charge on any atom is -0.0743 e. The summed E-state index contributed by atoms with van der Waals surface area (Å²) in [6.07, 6.45) is 1.20. The van der Waals surface area contributed by atoms with Gasteiger partial charge >= 0.3 is 0 Å². The van der Waals surface area contributed by atoms with Crippen molar-refractivity contribution in [3.05, 3.63) is 0 Å².